The number of carbonyl (C=O) groups excluding carboxylic acids is 2. The molecule has 0 bridgehead atoms. The van der Waals surface area contributed by atoms with E-state index in [-0.39, 0.29) is 22.8 Å². The fraction of sp³-hybridized carbons (Fsp3) is 0.750. The van der Waals surface area contributed by atoms with E-state index < -0.39 is 0 Å². The average molecular weight is 441 g/mol. The Kier molecular flexibility index (Phi) is 4.91. The molecule has 4 aliphatic rings. The Morgan fingerprint density at radius 2 is 1.97 bits per heavy atom. The van der Waals surface area contributed by atoms with Crippen molar-refractivity contribution in [2.75, 3.05) is 26.5 Å². The van der Waals surface area contributed by atoms with Gasteiger partial charge in [0.2, 0.25) is 11.9 Å². The van der Waals surface area contributed by atoms with Crippen LogP contribution < -0.4 is 5.32 Å². The van der Waals surface area contributed by atoms with Gasteiger partial charge in [-0.15, -0.1) is 5.10 Å². The number of amides is 3. The van der Waals surface area contributed by atoms with E-state index in [2.05, 4.69) is 40.4 Å². The number of rotatable bonds is 2. The number of anilines is 1. The molecule has 174 valence electrons. The molecule has 0 spiro atoms. The summed E-state index contributed by atoms with van der Waals surface area (Å²) in [6.07, 6.45) is 11.0. The molecule has 0 unspecified atom stereocenters. The van der Waals surface area contributed by atoms with Gasteiger partial charge in [-0.2, -0.15) is 4.98 Å². The summed E-state index contributed by atoms with van der Waals surface area (Å²) in [4.78, 5) is 32.4. The smallest absolute Gasteiger partial charge is 0.323 e. The van der Waals surface area contributed by atoms with E-state index in [9.17, 15) is 9.59 Å². The van der Waals surface area contributed by atoms with E-state index in [4.69, 9.17) is 0 Å². The quantitative estimate of drug-likeness (QED) is 0.734. The van der Waals surface area contributed by atoms with Crippen molar-refractivity contribution in [2.24, 2.45) is 28.6 Å². The molecule has 32 heavy (non-hydrogen) atoms. The molecular weight excluding hydrogens is 404 g/mol. The van der Waals surface area contributed by atoms with Gasteiger partial charge in [-0.3, -0.25) is 15.2 Å². The monoisotopic (exact) mass is 440 g/mol. The van der Waals surface area contributed by atoms with Gasteiger partial charge in [0.05, 0.1) is 0 Å². The molecule has 1 aromatic rings. The number of H-pyrrole nitrogens is 1. The highest BCUT2D eigenvalue weighted by Gasteiger charge is 2.61. The number of hydrogen-bond acceptors (Lipinski definition) is 4. The van der Waals surface area contributed by atoms with Gasteiger partial charge >= 0.3 is 6.03 Å². The Labute approximate surface area is 190 Å². The van der Waals surface area contributed by atoms with Crippen LogP contribution in [0.5, 0.6) is 0 Å². The van der Waals surface area contributed by atoms with Crippen molar-refractivity contribution in [3.63, 3.8) is 0 Å². The van der Waals surface area contributed by atoms with Crippen molar-refractivity contribution in [3.8, 4) is 0 Å². The van der Waals surface area contributed by atoms with E-state index >= 15 is 0 Å². The average Bonchev–Trinajstić information content (AvgIpc) is 3.34. The fourth-order valence-corrected chi connectivity index (χ4v) is 7.88. The maximum Gasteiger partial charge on any atom is 0.323 e. The summed E-state index contributed by atoms with van der Waals surface area (Å²) in [5.74, 6) is 3.71. The van der Waals surface area contributed by atoms with Crippen LogP contribution in [0.4, 0.5) is 10.7 Å². The van der Waals surface area contributed by atoms with Gasteiger partial charge in [-0.05, 0) is 67.8 Å². The molecule has 8 nitrogen and oxygen atoms in total. The maximum atomic E-state index is 12.3. The van der Waals surface area contributed by atoms with E-state index in [1.54, 1.807) is 14.1 Å². The van der Waals surface area contributed by atoms with Crippen LogP contribution in [0.1, 0.15) is 64.1 Å². The highest BCUT2D eigenvalue weighted by atomic mass is 16.2. The molecule has 0 aromatic carbocycles. The molecule has 5 rings (SSSR count). The first-order valence-corrected chi connectivity index (χ1v) is 12.0. The van der Waals surface area contributed by atoms with E-state index in [1.165, 1.54) is 24.2 Å². The second-order valence-corrected chi connectivity index (χ2v) is 11.2. The highest BCUT2D eigenvalue weighted by Crippen LogP contribution is 2.67. The predicted octanol–water partition coefficient (Wildman–Crippen LogP) is 3.62. The number of hydrogen-bond donors (Lipinski definition) is 2. The van der Waals surface area contributed by atoms with Crippen molar-refractivity contribution in [2.45, 2.75) is 64.3 Å². The van der Waals surface area contributed by atoms with Gasteiger partial charge in [-0.1, -0.05) is 19.9 Å². The molecular formula is C24H36N6O2. The molecule has 2 N–H and O–H groups in total. The number of urea groups is 1. The standard InChI is InChI=1S/C24H36N6O2/c1-23-12-10-16-14(6-9-18-24(16,2)13-11-19(31)30(18)5)15(23)7-8-17(23)20-25-21(28-27-20)26-22(32)29(3)4/h11,13-18H,6-10,12H2,1-5H3,(H2,25,26,27,28,32)/t14-,15-,16-,17+,18+,23-,24+/m0/s1. The number of aromatic nitrogens is 3. The highest BCUT2D eigenvalue weighted by molar-refractivity contribution is 5.89. The van der Waals surface area contributed by atoms with Crippen molar-refractivity contribution >= 4 is 17.9 Å². The predicted molar refractivity (Wildman–Crippen MR) is 122 cm³/mol. The Morgan fingerprint density at radius 1 is 1.19 bits per heavy atom. The third-order valence-electron chi connectivity index (χ3n) is 9.59. The second-order valence-electron chi connectivity index (χ2n) is 11.2. The Hall–Kier alpha value is -2.38. The molecule has 3 saturated carbocycles. The summed E-state index contributed by atoms with van der Waals surface area (Å²) in [6.45, 7) is 4.84. The summed E-state index contributed by atoms with van der Waals surface area (Å²) in [6, 6.07) is 0.0977. The molecule has 0 saturated heterocycles. The number of carbonyl (C=O) groups is 2. The number of nitrogens with one attached hydrogen (secondary N) is 2. The van der Waals surface area contributed by atoms with Gasteiger partial charge in [0.1, 0.15) is 5.82 Å². The second kappa shape index (κ2) is 7.32. The Balaban J connectivity index is 1.38. The van der Waals surface area contributed by atoms with E-state index in [0.29, 0.717) is 35.7 Å². The summed E-state index contributed by atoms with van der Waals surface area (Å²) in [5, 5.41) is 10.2. The minimum absolute atomic E-state index is 0.0703. The summed E-state index contributed by atoms with van der Waals surface area (Å²) in [5.41, 5.74) is 0.258. The normalized spacial score (nSPS) is 40.5. The fourth-order valence-electron chi connectivity index (χ4n) is 7.88. The SMILES string of the molecule is CN(C)C(=O)Nc1n[nH]c([C@H]2CC[C@H]3[C@@H]4CC[C@H]5N(C)C(=O)C=C[C@]5(C)[C@H]4CC[C@]23C)n1. The first kappa shape index (κ1) is 21.5. The lowest BCUT2D eigenvalue weighted by atomic mass is 9.47. The van der Waals surface area contributed by atoms with E-state index in [0.717, 1.165) is 25.1 Å². The van der Waals surface area contributed by atoms with Gasteiger partial charge in [-0.25, -0.2) is 4.79 Å². The Morgan fingerprint density at radius 3 is 2.72 bits per heavy atom. The maximum absolute atomic E-state index is 12.3. The molecule has 3 fully saturated rings. The molecule has 8 heteroatoms. The van der Waals surface area contributed by atoms with Crippen LogP contribution in [0.25, 0.3) is 0 Å². The van der Waals surface area contributed by atoms with Crippen LogP contribution in [0, 0.1) is 28.6 Å². The van der Waals surface area contributed by atoms with Gasteiger partial charge in [0.25, 0.3) is 0 Å². The van der Waals surface area contributed by atoms with Crippen LogP contribution in [-0.2, 0) is 4.79 Å². The topological polar surface area (TPSA) is 94.2 Å². The number of nitrogens with zero attached hydrogens (tertiary/aromatic N) is 4. The first-order chi connectivity index (χ1) is 15.1. The van der Waals surface area contributed by atoms with Gasteiger partial charge in [0, 0.05) is 38.5 Å². The third kappa shape index (κ3) is 3.01. The van der Waals surface area contributed by atoms with E-state index in [1.807, 2.05) is 18.0 Å². The first-order valence-electron chi connectivity index (χ1n) is 12.0. The Bertz CT molecular complexity index is 956. The van der Waals surface area contributed by atoms with Crippen LogP contribution in [0.15, 0.2) is 12.2 Å². The zero-order valence-corrected chi connectivity index (χ0v) is 19.9. The molecule has 7 atom stereocenters. The van der Waals surface area contributed by atoms with Crippen LogP contribution in [0.3, 0.4) is 0 Å². The van der Waals surface area contributed by atoms with Crippen LogP contribution >= 0.6 is 0 Å². The lowest BCUT2D eigenvalue weighted by Crippen LogP contribution is -2.59. The third-order valence-corrected chi connectivity index (χ3v) is 9.59. The largest absolute Gasteiger partial charge is 0.338 e. The van der Waals surface area contributed by atoms with Crippen LogP contribution in [0.2, 0.25) is 0 Å². The molecule has 2 heterocycles. The zero-order chi connectivity index (χ0) is 22.8. The zero-order valence-electron chi connectivity index (χ0n) is 19.9. The molecule has 1 aromatic heterocycles. The van der Waals surface area contributed by atoms with Gasteiger partial charge in [0.15, 0.2) is 0 Å². The summed E-state index contributed by atoms with van der Waals surface area (Å²) in [7, 11) is 5.38. The molecule has 0 radical (unpaired) electrons. The van der Waals surface area contributed by atoms with Crippen LogP contribution in [-0.4, -0.2) is 64.1 Å². The number of aromatic amines is 1. The summed E-state index contributed by atoms with van der Waals surface area (Å²) < 4.78 is 0. The molecule has 1 aliphatic heterocycles. The minimum atomic E-state index is -0.222. The summed E-state index contributed by atoms with van der Waals surface area (Å²) >= 11 is 0. The minimum Gasteiger partial charge on any atom is -0.338 e. The van der Waals surface area contributed by atoms with Crippen molar-refractivity contribution in [1.82, 2.24) is 25.0 Å². The van der Waals surface area contributed by atoms with Gasteiger partial charge < -0.3 is 9.80 Å². The number of likely N-dealkylation sites (N-methyl/N-ethyl adjacent to an activating group) is 1. The van der Waals surface area contributed by atoms with Crippen molar-refractivity contribution in [1.29, 1.82) is 0 Å². The molecule has 3 amide bonds. The lowest BCUT2D eigenvalue weighted by Gasteiger charge is -2.60. The lowest BCUT2D eigenvalue weighted by molar-refractivity contribution is -0.138. The number of fused-ring (bicyclic) bond motifs is 5. The molecule has 3 aliphatic carbocycles. The van der Waals surface area contributed by atoms with Crippen molar-refractivity contribution in [3.05, 3.63) is 18.0 Å². The van der Waals surface area contributed by atoms with Crippen molar-refractivity contribution < 1.29 is 9.59 Å².